The lowest BCUT2D eigenvalue weighted by atomic mass is 9.75. The van der Waals surface area contributed by atoms with Gasteiger partial charge < -0.3 is 15.3 Å². The Kier molecular flexibility index (Phi) is 10.9. The van der Waals surface area contributed by atoms with E-state index in [1.807, 2.05) is 18.2 Å². The second-order valence-corrected chi connectivity index (χ2v) is 9.32. The van der Waals surface area contributed by atoms with Crippen LogP contribution in [0.4, 0.5) is 0 Å². The zero-order chi connectivity index (χ0) is 20.2. The van der Waals surface area contributed by atoms with Gasteiger partial charge in [-0.1, -0.05) is 47.5 Å². The summed E-state index contributed by atoms with van der Waals surface area (Å²) in [6, 6.07) is 14.5. The Labute approximate surface area is 208 Å². The highest BCUT2D eigenvalue weighted by Gasteiger charge is 2.29. The number of piperazine rings is 1. The van der Waals surface area contributed by atoms with Crippen molar-refractivity contribution in [2.24, 2.45) is 5.92 Å². The Morgan fingerprint density at radius 2 is 1.58 bits per heavy atom. The van der Waals surface area contributed by atoms with Crippen LogP contribution in [0, 0.1) is 5.92 Å². The lowest BCUT2D eigenvalue weighted by Gasteiger charge is -2.37. The van der Waals surface area contributed by atoms with E-state index in [4.69, 9.17) is 23.2 Å². The fourth-order valence-corrected chi connectivity index (χ4v) is 5.23. The molecule has 1 aliphatic heterocycles. The quantitative estimate of drug-likeness (QED) is 0.519. The van der Waals surface area contributed by atoms with Crippen molar-refractivity contribution in [2.45, 2.75) is 37.7 Å². The van der Waals surface area contributed by atoms with Crippen molar-refractivity contribution in [1.29, 1.82) is 0 Å². The van der Waals surface area contributed by atoms with Gasteiger partial charge in [0.05, 0.1) is 6.10 Å². The highest BCUT2D eigenvalue weighted by atomic mass is 35.5. The number of nitrogens with zero attached hydrogens (tertiary/aromatic N) is 1. The molecule has 0 bridgehead atoms. The molecule has 1 atom stereocenters. The van der Waals surface area contributed by atoms with Gasteiger partial charge in [0.25, 0.3) is 0 Å². The van der Waals surface area contributed by atoms with Crippen LogP contribution in [-0.4, -0.2) is 48.8 Å². The molecule has 31 heavy (non-hydrogen) atoms. The van der Waals surface area contributed by atoms with Crippen LogP contribution in [0.25, 0.3) is 11.1 Å². The van der Waals surface area contributed by atoms with Crippen LogP contribution in [0.3, 0.4) is 0 Å². The van der Waals surface area contributed by atoms with E-state index in [0.29, 0.717) is 16.9 Å². The SMILES string of the molecule is Cl.Cl.OC1CCC(C(CN2CCNCC2)c2ccc(-c3cc(Cl)ccc3Cl)cc2)CC1. The van der Waals surface area contributed by atoms with E-state index >= 15 is 0 Å². The van der Waals surface area contributed by atoms with Crippen LogP contribution in [-0.2, 0) is 0 Å². The zero-order valence-corrected chi connectivity index (χ0v) is 20.7. The van der Waals surface area contributed by atoms with Gasteiger partial charge in [-0.05, 0) is 66.8 Å². The van der Waals surface area contributed by atoms with Crippen LogP contribution in [0.2, 0.25) is 10.0 Å². The minimum absolute atomic E-state index is 0. The summed E-state index contributed by atoms with van der Waals surface area (Å²) in [4.78, 5) is 2.59. The average molecular weight is 506 g/mol. The molecular formula is C24H32Cl4N2O. The Morgan fingerprint density at radius 3 is 2.23 bits per heavy atom. The molecule has 0 amide bonds. The number of nitrogens with one attached hydrogen (secondary N) is 1. The maximum atomic E-state index is 9.97. The highest BCUT2D eigenvalue weighted by Crippen LogP contribution is 2.38. The molecule has 3 nitrogen and oxygen atoms in total. The van der Waals surface area contributed by atoms with E-state index in [1.54, 1.807) is 0 Å². The molecule has 2 aromatic carbocycles. The molecule has 2 fully saturated rings. The number of hydrogen-bond donors (Lipinski definition) is 2. The second-order valence-electron chi connectivity index (χ2n) is 8.47. The summed E-state index contributed by atoms with van der Waals surface area (Å²) in [6.07, 6.45) is 3.97. The van der Waals surface area contributed by atoms with Crippen molar-refractivity contribution < 1.29 is 5.11 Å². The van der Waals surface area contributed by atoms with E-state index in [9.17, 15) is 5.11 Å². The summed E-state index contributed by atoms with van der Waals surface area (Å²) in [5.74, 6) is 1.14. The second kappa shape index (κ2) is 12.6. The lowest BCUT2D eigenvalue weighted by molar-refractivity contribution is 0.0932. The van der Waals surface area contributed by atoms with Crippen LogP contribution in [0.1, 0.15) is 37.2 Å². The number of aliphatic hydroxyl groups is 1. The largest absolute Gasteiger partial charge is 0.393 e. The molecule has 7 heteroatoms. The smallest absolute Gasteiger partial charge is 0.0540 e. The van der Waals surface area contributed by atoms with Crippen molar-refractivity contribution in [3.63, 3.8) is 0 Å². The summed E-state index contributed by atoms with van der Waals surface area (Å²) >= 11 is 12.6. The Bertz CT molecular complexity index is 804. The first-order valence-electron chi connectivity index (χ1n) is 10.8. The zero-order valence-electron chi connectivity index (χ0n) is 17.6. The number of halogens is 4. The Morgan fingerprint density at radius 1 is 0.935 bits per heavy atom. The van der Waals surface area contributed by atoms with Crippen molar-refractivity contribution >= 4 is 48.0 Å². The highest BCUT2D eigenvalue weighted by molar-refractivity contribution is 6.35. The van der Waals surface area contributed by atoms with Gasteiger partial charge >= 0.3 is 0 Å². The summed E-state index contributed by atoms with van der Waals surface area (Å²) in [7, 11) is 0. The maximum Gasteiger partial charge on any atom is 0.0540 e. The Hall–Kier alpha value is -0.520. The van der Waals surface area contributed by atoms with Crippen molar-refractivity contribution in [2.75, 3.05) is 32.7 Å². The number of aliphatic hydroxyl groups excluding tert-OH is 1. The fourth-order valence-electron chi connectivity index (χ4n) is 4.83. The first kappa shape index (κ1) is 26.7. The number of hydrogen-bond acceptors (Lipinski definition) is 3. The molecule has 0 aromatic heterocycles. The third-order valence-corrected chi connectivity index (χ3v) is 7.12. The molecular weight excluding hydrogens is 474 g/mol. The van der Waals surface area contributed by atoms with E-state index in [1.165, 1.54) is 5.56 Å². The lowest BCUT2D eigenvalue weighted by Crippen LogP contribution is -2.46. The van der Waals surface area contributed by atoms with Gasteiger partial charge in [0.2, 0.25) is 0 Å². The third kappa shape index (κ3) is 6.98. The normalized spacial score (nSPS) is 22.8. The van der Waals surface area contributed by atoms with E-state index in [2.05, 4.69) is 34.5 Å². The first-order chi connectivity index (χ1) is 14.1. The van der Waals surface area contributed by atoms with E-state index < -0.39 is 0 Å². The molecule has 1 saturated heterocycles. The van der Waals surface area contributed by atoms with Crippen molar-refractivity contribution in [3.05, 3.63) is 58.1 Å². The van der Waals surface area contributed by atoms with Crippen LogP contribution in [0.15, 0.2) is 42.5 Å². The summed E-state index contributed by atoms with van der Waals surface area (Å²) in [5.41, 5.74) is 3.47. The minimum atomic E-state index is -0.113. The minimum Gasteiger partial charge on any atom is -0.393 e. The summed E-state index contributed by atoms with van der Waals surface area (Å²) in [6.45, 7) is 5.47. The van der Waals surface area contributed by atoms with Crippen LogP contribution >= 0.6 is 48.0 Å². The molecule has 0 spiro atoms. The predicted octanol–water partition coefficient (Wildman–Crippen LogP) is 6.04. The topological polar surface area (TPSA) is 35.5 Å². The van der Waals surface area contributed by atoms with Gasteiger partial charge in [0.15, 0.2) is 0 Å². The maximum absolute atomic E-state index is 9.97. The first-order valence-corrected chi connectivity index (χ1v) is 11.5. The molecule has 1 saturated carbocycles. The van der Waals surface area contributed by atoms with Crippen LogP contribution < -0.4 is 5.32 Å². The molecule has 0 radical (unpaired) electrons. The van der Waals surface area contributed by atoms with Gasteiger partial charge in [-0.2, -0.15) is 0 Å². The van der Waals surface area contributed by atoms with Crippen LogP contribution in [0.5, 0.6) is 0 Å². The van der Waals surface area contributed by atoms with Gasteiger partial charge in [-0.25, -0.2) is 0 Å². The molecule has 2 N–H and O–H groups in total. The van der Waals surface area contributed by atoms with Gasteiger partial charge in [-0.15, -0.1) is 24.8 Å². The average Bonchev–Trinajstić information content (AvgIpc) is 2.75. The van der Waals surface area contributed by atoms with Crippen molar-refractivity contribution in [1.82, 2.24) is 10.2 Å². The van der Waals surface area contributed by atoms with Crippen molar-refractivity contribution in [3.8, 4) is 11.1 Å². The molecule has 2 aromatic rings. The molecule has 1 heterocycles. The number of benzene rings is 2. The molecule has 172 valence electrons. The molecule has 4 rings (SSSR count). The standard InChI is InChI=1S/C24H30Cl2N2O.2ClH/c25-20-7-10-24(26)22(15-20)17-1-3-18(4-2-17)23(16-28-13-11-27-12-14-28)19-5-8-21(29)9-6-19;;/h1-4,7,10,15,19,21,23,27,29H,5-6,8-9,11-14,16H2;2*1H. The third-order valence-electron chi connectivity index (χ3n) is 6.55. The number of rotatable bonds is 5. The molecule has 1 unspecified atom stereocenters. The van der Waals surface area contributed by atoms with E-state index in [0.717, 1.165) is 74.6 Å². The Balaban J connectivity index is 0.00000171. The molecule has 2 aliphatic rings. The fraction of sp³-hybridized carbons (Fsp3) is 0.500. The van der Waals surface area contributed by atoms with E-state index in [-0.39, 0.29) is 30.9 Å². The monoisotopic (exact) mass is 504 g/mol. The van der Waals surface area contributed by atoms with Gasteiger partial charge in [0, 0.05) is 48.3 Å². The summed E-state index contributed by atoms with van der Waals surface area (Å²) < 4.78 is 0. The predicted molar refractivity (Wildman–Crippen MR) is 136 cm³/mol. The summed E-state index contributed by atoms with van der Waals surface area (Å²) in [5, 5.41) is 14.8. The van der Waals surface area contributed by atoms with Gasteiger partial charge in [-0.3, -0.25) is 0 Å². The van der Waals surface area contributed by atoms with Gasteiger partial charge in [0.1, 0.15) is 0 Å². The molecule has 1 aliphatic carbocycles.